The fourth-order valence-corrected chi connectivity index (χ4v) is 2.15. The highest BCUT2D eigenvalue weighted by molar-refractivity contribution is 14.1. The minimum Gasteiger partial charge on any atom is -0.221 e. The zero-order valence-corrected chi connectivity index (χ0v) is 11.2. The van der Waals surface area contributed by atoms with Crippen LogP contribution >= 0.6 is 22.6 Å². The highest BCUT2D eigenvalue weighted by Gasteiger charge is 2.18. The second kappa shape index (κ2) is 4.09. The van der Waals surface area contributed by atoms with Gasteiger partial charge in [-0.15, -0.1) is 0 Å². The summed E-state index contributed by atoms with van der Waals surface area (Å²) in [6, 6.07) is 7.22. The van der Waals surface area contributed by atoms with Crippen molar-refractivity contribution in [3.63, 3.8) is 0 Å². The predicted octanol–water partition coefficient (Wildman–Crippen LogP) is 0.670. The monoisotopic (exact) mass is 350 g/mol. The fourth-order valence-electron chi connectivity index (χ4n) is 1.15. The van der Waals surface area contributed by atoms with Crippen molar-refractivity contribution in [2.24, 2.45) is 0 Å². The Balaban J connectivity index is 2.58. The predicted molar refractivity (Wildman–Crippen MR) is 65.0 cm³/mol. The minimum atomic E-state index is -3.42. The lowest BCUT2D eigenvalue weighted by molar-refractivity contribution is 0.586. The first kappa shape index (κ1) is 11.5. The van der Waals surface area contributed by atoms with Crippen LogP contribution in [-0.4, -0.2) is 34.9 Å². The molecule has 0 aliphatic carbocycles. The summed E-state index contributed by atoms with van der Waals surface area (Å²) in [5.74, 6) is 0. The van der Waals surface area contributed by atoms with Gasteiger partial charge in [0, 0.05) is 9.83 Å². The Morgan fingerprint density at radius 1 is 1.25 bits per heavy atom. The van der Waals surface area contributed by atoms with Gasteiger partial charge >= 0.3 is 0 Å². The maximum Gasteiger partial charge on any atom is 0.272 e. The maximum absolute atomic E-state index is 11.4. The molecule has 8 heteroatoms. The zero-order chi connectivity index (χ0) is 11.8. The topological polar surface area (TPSA) is 77.7 Å². The molecule has 1 aromatic heterocycles. The molecule has 6 nitrogen and oxygen atoms in total. The van der Waals surface area contributed by atoms with Crippen molar-refractivity contribution in [2.45, 2.75) is 5.16 Å². The molecule has 1 aromatic carbocycles. The van der Waals surface area contributed by atoms with Crippen molar-refractivity contribution in [1.29, 1.82) is 0 Å². The third-order valence-electron chi connectivity index (χ3n) is 1.84. The van der Waals surface area contributed by atoms with Crippen molar-refractivity contribution >= 4 is 32.4 Å². The number of hydrogen-bond acceptors (Lipinski definition) is 5. The number of aromatic nitrogens is 4. The van der Waals surface area contributed by atoms with Crippen molar-refractivity contribution in [3.05, 3.63) is 27.8 Å². The van der Waals surface area contributed by atoms with E-state index in [-0.39, 0.29) is 5.16 Å². The second-order valence-electron chi connectivity index (χ2n) is 3.12. The molecule has 0 saturated heterocycles. The number of nitrogens with zero attached hydrogens (tertiary/aromatic N) is 4. The number of tetrazole rings is 1. The molecular weight excluding hydrogens is 343 g/mol. The number of sulfone groups is 1. The Hall–Kier alpha value is -1.03. The van der Waals surface area contributed by atoms with E-state index in [1.807, 2.05) is 12.1 Å². The third-order valence-corrected chi connectivity index (χ3v) is 3.48. The van der Waals surface area contributed by atoms with Gasteiger partial charge in [-0.25, -0.2) is 8.42 Å². The van der Waals surface area contributed by atoms with Crippen LogP contribution in [0.5, 0.6) is 0 Å². The van der Waals surface area contributed by atoms with Crippen molar-refractivity contribution < 1.29 is 8.42 Å². The van der Waals surface area contributed by atoms with Crippen LogP contribution in [0.15, 0.2) is 29.4 Å². The Morgan fingerprint density at radius 3 is 2.44 bits per heavy atom. The highest BCUT2D eigenvalue weighted by atomic mass is 127. The van der Waals surface area contributed by atoms with E-state index >= 15 is 0 Å². The van der Waals surface area contributed by atoms with Gasteiger partial charge in [-0.1, -0.05) is 5.10 Å². The van der Waals surface area contributed by atoms with E-state index in [2.05, 4.69) is 38.1 Å². The van der Waals surface area contributed by atoms with Gasteiger partial charge in [0.05, 0.1) is 5.69 Å². The van der Waals surface area contributed by atoms with E-state index in [1.54, 1.807) is 12.1 Å². The normalized spacial score (nSPS) is 11.6. The second-order valence-corrected chi connectivity index (χ2v) is 6.28. The van der Waals surface area contributed by atoms with Gasteiger partial charge in [0.1, 0.15) is 0 Å². The Bertz CT molecular complexity index is 605. The Labute approximate surface area is 106 Å². The molecule has 0 saturated carbocycles. The molecule has 16 heavy (non-hydrogen) atoms. The van der Waals surface area contributed by atoms with Crippen LogP contribution in [0, 0.1) is 3.57 Å². The summed E-state index contributed by atoms with van der Waals surface area (Å²) >= 11 is 2.16. The van der Waals surface area contributed by atoms with E-state index in [9.17, 15) is 8.42 Å². The molecule has 0 radical (unpaired) electrons. The van der Waals surface area contributed by atoms with E-state index in [4.69, 9.17) is 0 Å². The zero-order valence-electron chi connectivity index (χ0n) is 8.20. The third kappa shape index (κ3) is 2.21. The Kier molecular flexibility index (Phi) is 2.93. The van der Waals surface area contributed by atoms with Crippen LogP contribution in [-0.2, 0) is 9.84 Å². The molecular formula is C8H7IN4O2S. The summed E-state index contributed by atoms with van der Waals surface area (Å²) in [4.78, 5) is 0. The molecule has 0 N–H and O–H groups in total. The first-order valence-electron chi connectivity index (χ1n) is 4.23. The molecule has 0 aliphatic rings. The molecule has 0 aliphatic heterocycles. The molecule has 0 unspecified atom stereocenters. The minimum absolute atomic E-state index is 0.159. The van der Waals surface area contributed by atoms with Gasteiger partial charge in [-0.3, -0.25) is 0 Å². The quantitative estimate of drug-likeness (QED) is 0.744. The SMILES string of the molecule is CS(=O)(=O)c1nnnn1-c1ccc(I)cc1. The van der Waals surface area contributed by atoms with Gasteiger partial charge in [0.2, 0.25) is 9.84 Å². The largest absolute Gasteiger partial charge is 0.272 e. The lowest BCUT2D eigenvalue weighted by Gasteiger charge is -2.02. The molecule has 2 aromatic rings. The lowest BCUT2D eigenvalue weighted by Crippen LogP contribution is -2.08. The number of halogens is 1. The van der Waals surface area contributed by atoms with Crippen molar-refractivity contribution in [2.75, 3.05) is 6.26 Å². The lowest BCUT2D eigenvalue weighted by atomic mass is 10.3. The van der Waals surface area contributed by atoms with Gasteiger partial charge < -0.3 is 0 Å². The van der Waals surface area contributed by atoms with E-state index in [1.165, 1.54) is 4.68 Å². The standard InChI is InChI=1S/C8H7IN4O2S/c1-16(14,15)8-10-11-12-13(8)7-4-2-6(9)3-5-7/h2-5H,1H3. The number of rotatable bonds is 2. The van der Waals surface area contributed by atoms with Crippen molar-refractivity contribution in [1.82, 2.24) is 20.2 Å². The van der Waals surface area contributed by atoms with Crippen LogP contribution in [0.4, 0.5) is 0 Å². The fraction of sp³-hybridized carbons (Fsp3) is 0.125. The smallest absolute Gasteiger partial charge is 0.221 e. The van der Waals surface area contributed by atoms with Crippen LogP contribution in [0.2, 0.25) is 0 Å². The van der Waals surface area contributed by atoms with Gasteiger partial charge in [-0.05, 0) is 57.3 Å². The number of hydrogen-bond donors (Lipinski definition) is 0. The first-order valence-corrected chi connectivity index (χ1v) is 7.20. The molecule has 84 valence electrons. The molecule has 2 rings (SSSR count). The highest BCUT2D eigenvalue weighted by Crippen LogP contribution is 2.13. The first-order chi connectivity index (χ1) is 7.48. The van der Waals surface area contributed by atoms with Crippen LogP contribution in [0.25, 0.3) is 5.69 Å². The Morgan fingerprint density at radius 2 is 1.88 bits per heavy atom. The summed E-state index contributed by atoms with van der Waals surface area (Å²) in [7, 11) is -3.42. The van der Waals surface area contributed by atoms with Gasteiger partial charge in [-0.2, -0.15) is 4.68 Å². The summed E-state index contributed by atoms with van der Waals surface area (Å²) in [5.41, 5.74) is 0.617. The average Bonchev–Trinajstić information content (AvgIpc) is 2.66. The summed E-state index contributed by atoms with van der Waals surface area (Å²) in [5, 5.41) is 10.4. The van der Waals surface area contributed by atoms with Gasteiger partial charge in [0.25, 0.3) is 5.16 Å². The molecule has 0 bridgehead atoms. The van der Waals surface area contributed by atoms with E-state index < -0.39 is 9.84 Å². The van der Waals surface area contributed by atoms with Crippen LogP contribution in [0.3, 0.4) is 0 Å². The van der Waals surface area contributed by atoms with E-state index in [0.29, 0.717) is 5.69 Å². The molecule has 0 atom stereocenters. The molecule has 1 heterocycles. The van der Waals surface area contributed by atoms with Crippen LogP contribution in [0.1, 0.15) is 0 Å². The molecule has 0 amide bonds. The summed E-state index contributed by atoms with van der Waals surface area (Å²) < 4.78 is 25.0. The average molecular weight is 350 g/mol. The summed E-state index contributed by atoms with van der Waals surface area (Å²) in [6.07, 6.45) is 1.07. The number of benzene rings is 1. The van der Waals surface area contributed by atoms with Crippen LogP contribution < -0.4 is 0 Å². The molecule has 0 spiro atoms. The van der Waals surface area contributed by atoms with Gasteiger partial charge in [0.15, 0.2) is 0 Å². The maximum atomic E-state index is 11.4. The molecule has 0 fully saturated rings. The van der Waals surface area contributed by atoms with E-state index in [0.717, 1.165) is 9.83 Å². The summed E-state index contributed by atoms with van der Waals surface area (Å²) in [6.45, 7) is 0. The van der Waals surface area contributed by atoms with Crippen molar-refractivity contribution in [3.8, 4) is 5.69 Å².